The third-order valence-electron chi connectivity index (χ3n) is 6.89. The zero-order valence-corrected chi connectivity index (χ0v) is 20.5. The van der Waals surface area contributed by atoms with Crippen molar-refractivity contribution < 1.29 is 19.4 Å². The summed E-state index contributed by atoms with van der Waals surface area (Å²) in [5.41, 5.74) is 1.07. The molecule has 34 heavy (non-hydrogen) atoms. The maximum absolute atomic E-state index is 13.3. The van der Waals surface area contributed by atoms with Crippen LogP contribution in [0, 0.1) is 0 Å². The number of fused-ring (bicyclic) bond motifs is 1. The highest BCUT2D eigenvalue weighted by Crippen LogP contribution is 2.37. The van der Waals surface area contributed by atoms with Crippen LogP contribution in [0.25, 0.3) is 10.9 Å². The summed E-state index contributed by atoms with van der Waals surface area (Å²) in [6, 6.07) is 12.6. The van der Waals surface area contributed by atoms with Crippen molar-refractivity contribution in [3.05, 3.63) is 82.0 Å². The van der Waals surface area contributed by atoms with Crippen molar-refractivity contribution in [3.8, 4) is 0 Å². The van der Waals surface area contributed by atoms with Gasteiger partial charge in [-0.15, -0.1) is 6.58 Å². The van der Waals surface area contributed by atoms with Crippen molar-refractivity contribution in [2.75, 3.05) is 13.2 Å². The number of aliphatic carboxylic acids is 1. The van der Waals surface area contributed by atoms with Gasteiger partial charge in [0.2, 0.25) is 0 Å². The molecule has 8 heteroatoms. The fraction of sp³-hybridized carbons (Fsp3) is 0.308. The summed E-state index contributed by atoms with van der Waals surface area (Å²) in [5.74, 6) is -1.15. The standard InChI is InChI=1S/C26H26Cl2N2O4/c1-4-12-25(5-2,24(32)33)16-6-8-17(9-7-16)26(14-34-15-26)29-23(31)21-13-18-20(30(21)3)11-10-19(27)22(18)28/h4,6-11,13H,1,5,12,14-15H2,2-3H3,(H,29,31)(H,32,33). The van der Waals surface area contributed by atoms with Crippen LogP contribution in [0.2, 0.25) is 10.0 Å². The Balaban J connectivity index is 1.65. The predicted octanol–water partition coefficient (Wildman–Crippen LogP) is 5.45. The average molecular weight is 501 g/mol. The Morgan fingerprint density at radius 1 is 1.24 bits per heavy atom. The van der Waals surface area contributed by atoms with E-state index in [9.17, 15) is 14.7 Å². The zero-order valence-electron chi connectivity index (χ0n) is 19.0. The minimum atomic E-state index is -1.03. The molecule has 2 heterocycles. The van der Waals surface area contributed by atoms with Crippen molar-refractivity contribution in [1.29, 1.82) is 0 Å². The molecule has 1 aromatic heterocycles. The summed E-state index contributed by atoms with van der Waals surface area (Å²) in [6.45, 7) is 6.22. The lowest BCUT2D eigenvalue weighted by atomic mass is 9.74. The molecule has 1 fully saturated rings. The van der Waals surface area contributed by atoms with Crippen LogP contribution in [-0.4, -0.2) is 34.8 Å². The van der Waals surface area contributed by atoms with Gasteiger partial charge in [0, 0.05) is 18.0 Å². The molecule has 1 unspecified atom stereocenters. The van der Waals surface area contributed by atoms with Crippen molar-refractivity contribution in [1.82, 2.24) is 9.88 Å². The van der Waals surface area contributed by atoms with E-state index in [4.69, 9.17) is 27.9 Å². The summed E-state index contributed by atoms with van der Waals surface area (Å²) >= 11 is 12.5. The van der Waals surface area contributed by atoms with Gasteiger partial charge >= 0.3 is 5.97 Å². The van der Waals surface area contributed by atoms with E-state index in [0.717, 1.165) is 11.1 Å². The molecule has 178 valence electrons. The molecule has 0 bridgehead atoms. The maximum Gasteiger partial charge on any atom is 0.314 e. The zero-order chi connectivity index (χ0) is 24.7. The number of carboxylic acids is 1. The molecular weight excluding hydrogens is 475 g/mol. The van der Waals surface area contributed by atoms with Gasteiger partial charge in [0.1, 0.15) is 11.2 Å². The van der Waals surface area contributed by atoms with Gasteiger partial charge in [0.05, 0.1) is 28.7 Å². The summed E-state index contributed by atoms with van der Waals surface area (Å²) in [7, 11) is 1.80. The van der Waals surface area contributed by atoms with E-state index in [1.165, 1.54) is 0 Å². The first kappa shape index (κ1) is 24.3. The molecule has 2 aromatic carbocycles. The topological polar surface area (TPSA) is 80.6 Å². The number of ether oxygens (including phenoxy) is 1. The lowest BCUT2D eigenvalue weighted by molar-refractivity contribution is -0.144. The summed E-state index contributed by atoms with van der Waals surface area (Å²) in [5, 5.41) is 14.6. The largest absolute Gasteiger partial charge is 0.481 e. The molecule has 0 radical (unpaired) electrons. The van der Waals surface area contributed by atoms with Crippen LogP contribution >= 0.6 is 23.2 Å². The Morgan fingerprint density at radius 3 is 2.44 bits per heavy atom. The third kappa shape index (κ3) is 3.80. The second-order valence-corrected chi connectivity index (χ2v) is 9.51. The maximum atomic E-state index is 13.3. The van der Waals surface area contributed by atoms with Crippen molar-refractivity contribution >= 4 is 46.0 Å². The smallest absolute Gasteiger partial charge is 0.314 e. The monoisotopic (exact) mass is 500 g/mol. The number of aryl methyl sites for hydroxylation is 1. The average Bonchev–Trinajstić information content (AvgIpc) is 3.14. The number of benzene rings is 2. The number of hydrogen-bond donors (Lipinski definition) is 2. The number of aromatic nitrogens is 1. The fourth-order valence-corrected chi connectivity index (χ4v) is 5.03. The Labute approximate surface area is 208 Å². The Hall–Kier alpha value is -2.80. The lowest BCUT2D eigenvalue weighted by Gasteiger charge is -2.42. The minimum absolute atomic E-state index is 0.265. The fourth-order valence-electron chi connectivity index (χ4n) is 4.65. The van der Waals surface area contributed by atoms with Crippen LogP contribution in [0.4, 0.5) is 0 Å². The summed E-state index contributed by atoms with van der Waals surface area (Å²) in [6.07, 6.45) is 2.40. The molecule has 0 aliphatic carbocycles. The van der Waals surface area contributed by atoms with Gasteiger partial charge in [-0.3, -0.25) is 9.59 Å². The number of nitrogens with one attached hydrogen (secondary N) is 1. The predicted molar refractivity (Wildman–Crippen MR) is 134 cm³/mol. The normalized spacial score (nSPS) is 16.5. The number of allylic oxidation sites excluding steroid dienone is 1. The van der Waals surface area contributed by atoms with E-state index in [1.54, 1.807) is 29.8 Å². The van der Waals surface area contributed by atoms with E-state index in [2.05, 4.69) is 11.9 Å². The number of carbonyl (C=O) groups is 2. The second kappa shape index (κ2) is 9.10. The van der Waals surface area contributed by atoms with Gasteiger partial charge in [-0.05, 0) is 42.2 Å². The molecule has 1 saturated heterocycles. The van der Waals surface area contributed by atoms with Crippen LogP contribution < -0.4 is 5.32 Å². The molecule has 2 N–H and O–H groups in total. The van der Waals surface area contributed by atoms with Gasteiger partial charge in [-0.2, -0.15) is 0 Å². The molecule has 6 nitrogen and oxygen atoms in total. The molecule has 1 aliphatic rings. The van der Waals surface area contributed by atoms with Crippen LogP contribution in [0.1, 0.15) is 41.4 Å². The van der Waals surface area contributed by atoms with Crippen molar-refractivity contribution in [3.63, 3.8) is 0 Å². The van der Waals surface area contributed by atoms with E-state index >= 15 is 0 Å². The Kier molecular flexibility index (Phi) is 6.51. The second-order valence-electron chi connectivity index (χ2n) is 8.72. The molecule has 1 amide bonds. The molecule has 4 rings (SSSR count). The number of hydrogen-bond acceptors (Lipinski definition) is 3. The summed E-state index contributed by atoms with van der Waals surface area (Å²) in [4.78, 5) is 25.4. The Morgan fingerprint density at radius 2 is 1.91 bits per heavy atom. The SMILES string of the molecule is C=CCC(CC)(C(=O)O)c1ccc(C2(NC(=O)c3cc4c(Cl)c(Cl)ccc4n3C)COC2)cc1. The van der Waals surface area contributed by atoms with Gasteiger partial charge in [-0.1, -0.05) is 60.5 Å². The van der Waals surface area contributed by atoms with Gasteiger partial charge in [-0.25, -0.2) is 0 Å². The molecule has 1 aliphatic heterocycles. The minimum Gasteiger partial charge on any atom is -0.481 e. The first-order valence-electron chi connectivity index (χ1n) is 11.0. The highest BCUT2D eigenvalue weighted by atomic mass is 35.5. The van der Waals surface area contributed by atoms with Crippen molar-refractivity contribution in [2.45, 2.75) is 30.7 Å². The highest BCUT2D eigenvalue weighted by Gasteiger charge is 2.43. The number of amides is 1. The number of carbonyl (C=O) groups excluding carboxylic acids is 1. The van der Waals surface area contributed by atoms with E-state index < -0.39 is 16.9 Å². The first-order chi connectivity index (χ1) is 16.2. The van der Waals surface area contributed by atoms with Crippen LogP contribution in [0.3, 0.4) is 0 Å². The highest BCUT2D eigenvalue weighted by molar-refractivity contribution is 6.45. The van der Waals surface area contributed by atoms with E-state index in [-0.39, 0.29) is 5.91 Å². The first-order valence-corrected chi connectivity index (χ1v) is 11.7. The number of nitrogens with zero attached hydrogens (tertiary/aromatic N) is 1. The van der Waals surface area contributed by atoms with Gasteiger partial charge < -0.3 is 19.7 Å². The Bertz CT molecular complexity index is 1280. The lowest BCUT2D eigenvalue weighted by Crippen LogP contribution is -2.59. The van der Waals surface area contributed by atoms with E-state index in [0.29, 0.717) is 52.7 Å². The molecule has 3 aromatic rings. The molecule has 1 atom stereocenters. The van der Waals surface area contributed by atoms with Crippen LogP contribution in [0.15, 0.2) is 55.1 Å². The number of rotatable bonds is 8. The number of carboxylic acid groups (broad SMARTS) is 1. The molecule has 0 spiro atoms. The quantitative estimate of drug-likeness (QED) is 0.403. The van der Waals surface area contributed by atoms with Crippen molar-refractivity contribution in [2.24, 2.45) is 7.05 Å². The van der Waals surface area contributed by atoms with Gasteiger partial charge in [0.25, 0.3) is 5.91 Å². The number of halogens is 2. The van der Waals surface area contributed by atoms with E-state index in [1.807, 2.05) is 37.3 Å². The summed E-state index contributed by atoms with van der Waals surface area (Å²) < 4.78 is 7.26. The van der Waals surface area contributed by atoms with Crippen LogP contribution in [0.5, 0.6) is 0 Å². The van der Waals surface area contributed by atoms with Gasteiger partial charge in [0.15, 0.2) is 0 Å². The molecule has 0 saturated carbocycles. The molecular formula is C26H26Cl2N2O4. The third-order valence-corrected chi connectivity index (χ3v) is 7.71. The van der Waals surface area contributed by atoms with Crippen LogP contribution in [-0.2, 0) is 27.5 Å².